The number of hydrogen-bond acceptors (Lipinski definition) is 5. The molecule has 0 fully saturated rings. The Morgan fingerprint density at radius 3 is 2.53 bits per heavy atom. The number of aromatic nitrogens is 4. The van der Waals surface area contributed by atoms with Crippen LogP contribution in [0.2, 0.25) is 0 Å². The summed E-state index contributed by atoms with van der Waals surface area (Å²) < 4.78 is 6.49. The maximum absolute atomic E-state index is 11.6. The van der Waals surface area contributed by atoms with Gasteiger partial charge in [0.15, 0.2) is 0 Å². The molecule has 0 amide bonds. The highest BCUT2D eigenvalue weighted by Gasteiger charge is 2.14. The third-order valence-corrected chi connectivity index (χ3v) is 2.21. The van der Waals surface area contributed by atoms with E-state index >= 15 is 0 Å². The Bertz CT molecular complexity index is 523. The van der Waals surface area contributed by atoms with E-state index in [0.29, 0.717) is 23.6 Å². The van der Waals surface area contributed by atoms with E-state index in [1.165, 1.54) is 6.33 Å². The molecule has 0 N–H and O–H groups in total. The SMILES string of the molecule is CC.CCOC(=O)c1cn(-c2cncnc2)nc1C. The van der Waals surface area contributed by atoms with Gasteiger partial charge in [-0.1, -0.05) is 13.8 Å². The number of esters is 1. The molecule has 19 heavy (non-hydrogen) atoms. The van der Waals surface area contributed by atoms with Crippen LogP contribution in [0.25, 0.3) is 5.69 Å². The average molecular weight is 262 g/mol. The number of hydrogen-bond donors (Lipinski definition) is 0. The third-order valence-electron chi connectivity index (χ3n) is 2.21. The number of aryl methyl sites for hydroxylation is 1. The van der Waals surface area contributed by atoms with Gasteiger partial charge in [0.2, 0.25) is 0 Å². The molecule has 2 aromatic rings. The maximum atomic E-state index is 11.6. The van der Waals surface area contributed by atoms with Crippen molar-refractivity contribution in [2.24, 2.45) is 0 Å². The highest BCUT2D eigenvalue weighted by Crippen LogP contribution is 2.11. The smallest absolute Gasteiger partial charge is 0.341 e. The summed E-state index contributed by atoms with van der Waals surface area (Å²) in [4.78, 5) is 19.4. The van der Waals surface area contributed by atoms with E-state index in [4.69, 9.17) is 4.74 Å². The number of nitrogens with zero attached hydrogens (tertiary/aromatic N) is 4. The van der Waals surface area contributed by atoms with Gasteiger partial charge in [-0.3, -0.25) is 0 Å². The molecular weight excluding hydrogens is 244 g/mol. The van der Waals surface area contributed by atoms with Gasteiger partial charge in [-0.05, 0) is 13.8 Å². The van der Waals surface area contributed by atoms with E-state index in [1.807, 2.05) is 13.8 Å². The van der Waals surface area contributed by atoms with Gasteiger partial charge in [0, 0.05) is 6.20 Å². The van der Waals surface area contributed by atoms with E-state index in [0.717, 1.165) is 0 Å². The zero-order valence-electron chi connectivity index (χ0n) is 11.6. The molecule has 0 atom stereocenters. The molecule has 0 radical (unpaired) electrons. The number of carbonyl (C=O) groups excluding carboxylic acids is 1. The number of carbonyl (C=O) groups is 1. The number of rotatable bonds is 3. The molecule has 102 valence electrons. The fraction of sp³-hybridized carbons (Fsp3) is 0.385. The van der Waals surface area contributed by atoms with Crippen LogP contribution >= 0.6 is 0 Å². The van der Waals surface area contributed by atoms with Crippen LogP contribution in [0.3, 0.4) is 0 Å². The summed E-state index contributed by atoms with van der Waals surface area (Å²) in [6.07, 6.45) is 6.29. The van der Waals surface area contributed by atoms with Gasteiger partial charge in [-0.25, -0.2) is 19.4 Å². The first-order chi connectivity index (χ1) is 9.22. The van der Waals surface area contributed by atoms with Crippen LogP contribution in [0.15, 0.2) is 24.9 Å². The standard InChI is InChI=1S/C11H12N4O2.C2H6/c1-3-17-11(16)10-6-15(14-8(10)2)9-4-12-7-13-5-9;1-2/h4-7H,3H2,1-2H3;1-2H3. The van der Waals surface area contributed by atoms with E-state index < -0.39 is 0 Å². The lowest BCUT2D eigenvalue weighted by molar-refractivity contribution is 0.0525. The Kier molecular flexibility index (Phi) is 5.66. The first-order valence-corrected chi connectivity index (χ1v) is 6.21. The highest BCUT2D eigenvalue weighted by molar-refractivity contribution is 5.90. The molecule has 0 aliphatic heterocycles. The Hall–Kier alpha value is -2.24. The van der Waals surface area contributed by atoms with Gasteiger partial charge < -0.3 is 4.74 Å². The quantitative estimate of drug-likeness (QED) is 0.793. The fourth-order valence-corrected chi connectivity index (χ4v) is 1.41. The van der Waals surface area contributed by atoms with Crippen molar-refractivity contribution in [3.63, 3.8) is 0 Å². The molecular formula is C13H18N4O2. The first-order valence-electron chi connectivity index (χ1n) is 6.21. The van der Waals surface area contributed by atoms with Gasteiger partial charge in [-0.15, -0.1) is 0 Å². The van der Waals surface area contributed by atoms with Crippen molar-refractivity contribution in [2.75, 3.05) is 6.61 Å². The molecule has 0 saturated carbocycles. The molecule has 0 aliphatic rings. The minimum atomic E-state index is -0.368. The summed E-state index contributed by atoms with van der Waals surface area (Å²) in [5.74, 6) is -0.368. The Labute approximate surface area is 112 Å². The third kappa shape index (κ3) is 3.61. The molecule has 0 aromatic carbocycles. The second-order valence-electron chi connectivity index (χ2n) is 3.39. The van der Waals surface area contributed by atoms with E-state index in [2.05, 4.69) is 15.1 Å². The second kappa shape index (κ2) is 7.25. The Morgan fingerprint density at radius 1 is 1.32 bits per heavy atom. The van der Waals surface area contributed by atoms with Gasteiger partial charge >= 0.3 is 5.97 Å². The van der Waals surface area contributed by atoms with Crippen LogP contribution < -0.4 is 0 Å². The molecule has 0 saturated heterocycles. The summed E-state index contributed by atoms with van der Waals surface area (Å²) in [5.41, 5.74) is 1.77. The van der Waals surface area contributed by atoms with Crippen LogP contribution in [0.4, 0.5) is 0 Å². The fourth-order valence-electron chi connectivity index (χ4n) is 1.41. The van der Waals surface area contributed by atoms with Crippen LogP contribution in [0, 0.1) is 6.92 Å². The van der Waals surface area contributed by atoms with E-state index in [9.17, 15) is 4.79 Å². The van der Waals surface area contributed by atoms with Crippen molar-refractivity contribution >= 4 is 5.97 Å². The largest absolute Gasteiger partial charge is 0.462 e. The molecule has 2 heterocycles. The molecule has 6 heteroatoms. The predicted octanol–water partition coefficient (Wildman–Crippen LogP) is 2.17. The summed E-state index contributed by atoms with van der Waals surface area (Å²) in [5, 5.41) is 4.22. The molecule has 2 rings (SSSR count). The first kappa shape index (κ1) is 14.8. The van der Waals surface area contributed by atoms with Gasteiger partial charge in [0.05, 0.1) is 24.7 Å². The Morgan fingerprint density at radius 2 is 1.95 bits per heavy atom. The van der Waals surface area contributed by atoms with E-state index in [1.54, 1.807) is 37.1 Å². The lowest BCUT2D eigenvalue weighted by Crippen LogP contribution is -2.04. The minimum Gasteiger partial charge on any atom is -0.462 e. The molecule has 0 unspecified atom stereocenters. The van der Waals surface area contributed by atoms with Crippen molar-refractivity contribution in [1.29, 1.82) is 0 Å². The summed E-state index contributed by atoms with van der Waals surface area (Å²) in [7, 11) is 0. The van der Waals surface area contributed by atoms with Crippen LogP contribution in [-0.4, -0.2) is 32.3 Å². The average Bonchev–Trinajstić information content (AvgIpc) is 2.84. The van der Waals surface area contributed by atoms with Gasteiger partial charge in [0.25, 0.3) is 0 Å². The lowest BCUT2D eigenvalue weighted by Gasteiger charge is -1.98. The summed E-state index contributed by atoms with van der Waals surface area (Å²) in [6, 6.07) is 0. The van der Waals surface area contributed by atoms with Crippen molar-refractivity contribution in [3.8, 4) is 5.69 Å². The van der Waals surface area contributed by atoms with Crippen molar-refractivity contribution < 1.29 is 9.53 Å². The van der Waals surface area contributed by atoms with Crippen LogP contribution in [-0.2, 0) is 4.74 Å². The van der Waals surface area contributed by atoms with Crippen molar-refractivity contribution in [3.05, 3.63) is 36.2 Å². The molecule has 0 bridgehead atoms. The minimum absolute atomic E-state index is 0.345. The molecule has 6 nitrogen and oxygen atoms in total. The zero-order valence-corrected chi connectivity index (χ0v) is 11.6. The van der Waals surface area contributed by atoms with Crippen molar-refractivity contribution in [1.82, 2.24) is 19.7 Å². The monoisotopic (exact) mass is 262 g/mol. The van der Waals surface area contributed by atoms with E-state index in [-0.39, 0.29) is 5.97 Å². The van der Waals surface area contributed by atoms with Crippen LogP contribution in [0.5, 0.6) is 0 Å². The normalized spacial score (nSPS) is 9.47. The zero-order chi connectivity index (χ0) is 14.3. The maximum Gasteiger partial charge on any atom is 0.341 e. The molecule has 2 aromatic heterocycles. The summed E-state index contributed by atoms with van der Waals surface area (Å²) >= 11 is 0. The van der Waals surface area contributed by atoms with Gasteiger partial charge in [0.1, 0.15) is 17.6 Å². The lowest BCUT2D eigenvalue weighted by atomic mass is 10.3. The van der Waals surface area contributed by atoms with Gasteiger partial charge in [-0.2, -0.15) is 5.10 Å². The Balaban J connectivity index is 0.000000861. The molecule has 0 spiro atoms. The molecule has 0 aliphatic carbocycles. The number of ether oxygens (including phenoxy) is 1. The predicted molar refractivity (Wildman–Crippen MR) is 71.2 cm³/mol. The second-order valence-corrected chi connectivity index (χ2v) is 3.39. The topological polar surface area (TPSA) is 69.9 Å². The summed E-state index contributed by atoms with van der Waals surface area (Å²) in [6.45, 7) is 7.87. The highest BCUT2D eigenvalue weighted by atomic mass is 16.5. The van der Waals surface area contributed by atoms with Crippen molar-refractivity contribution in [2.45, 2.75) is 27.7 Å². The van der Waals surface area contributed by atoms with Crippen LogP contribution in [0.1, 0.15) is 36.8 Å².